The molecule has 0 N–H and O–H groups in total. The molecule has 2 heteroatoms. The SMILES string of the molecule is CC(C)CC(=O)CC(C)C.CCCCC(=O)CC. The fraction of sp³-hybridized carbons (Fsp3) is 0.875. The number of carbonyl (C=O) groups is 2. The maximum atomic E-state index is 11.1. The van der Waals surface area contributed by atoms with E-state index in [-0.39, 0.29) is 0 Å². The molecule has 0 aliphatic rings. The highest BCUT2D eigenvalue weighted by atomic mass is 16.1. The van der Waals surface area contributed by atoms with Gasteiger partial charge >= 0.3 is 0 Å². The quantitative estimate of drug-likeness (QED) is 0.625. The van der Waals surface area contributed by atoms with Gasteiger partial charge in [-0.25, -0.2) is 0 Å². The van der Waals surface area contributed by atoms with E-state index in [1.165, 1.54) is 0 Å². The molecular weight excluding hydrogens is 224 g/mol. The molecule has 0 atom stereocenters. The molecule has 0 rings (SSSR count). The van der Waals surface area contributed by atoms with Crippen LogP contribution in [0.1, 0.15) is 80.1 Å². The van der Waals surface area contributed by atoms with Gasteiger partial charge in [-0.1, -0.05) is 48.0 Å². The molecule has 0 fully saturated rings. The van der Waals surface area contributed by atoms with Crippen LogP contribution in [0.15, 0.2) is 0 Å². The molecule has 0 radical (unpaired) electrons. The Kier molecular flexibility index (Phi) is 14.0. The standard InChI is InChI=1S/C9H18O.C7H14O/c1-7(2)5-9(10)6-8(3)4;1-3-5-6-7(8)4-2/h7-8H,5-6H2,1-4H3;3-6H2,1-2H3. The Hall–Kier alpha value is -0.660. The number of unbranched alkanes of at least 4 members (excludes halogenated alkanes) is 1. The predicted molar refractivity (Wildman–Crippen MR) is 78.7 cm³/mol. The van der Waals surface area contributed by atoms with Gasteiger partial charge in [0.1, 0.15) is 11.6 Å². The lowest BCUT2D eigenvalue weighted by atomic mass is 10.00. The van der Waals surface area contributed by atoms with Crippen molar-refractivity contribution in [3.8, 4) is 0 Å². The predicted octanol–water partition coefficient (Wildman–Crippen LogP) is 4.80. The Morgan fingerprint density at radius 3 is 1.56 bits per heavy atom. The monoisotopic (exact) mass is 256 g/mol. The summed E-state index contributed by atoms with van der Waals surface area (Å²) in [5.74, 6) is 1.84. The molecule has 18 heavy (non-hydrogen) atoms. The molecule has 0 aromatic rings. The molecule has 0 spiro atoms. The van der Waals surface area contributed by atoms with E-state index in [1.807, 2.05) is 6.92 Å². The maximum Gasteiger partial charge on any atom is 0.133 e. The van der Waals surface area contributed by atoms with Crippen LogP contribution < -0.4 is 0 Å². The Morgan fingerprint density at radius 1 is 0.833 bits per heavy atom. The number of Topliss-reactive ketones (excluding diaryl/α,β-unsaturated/α-hetero) is 2. The van der Waals surface area contributed by atoms with Crippen LogP contribution in [0.3, 0.4) is 0 Å². The van der Waals surface area contributed by atoms with Gasteiger partial charge in [0.2, 0.25) is 0 Å². The van der Waals surface area contributed by atoms with Crippen LogP contribution in [0.2, 0.25) is 0 Å². The van der Waals surface area contributed by atoms with Gasteiger partial charge in [0.05, 0.1) is 0 Å². The van der Waals surface area contributed by atoms with E-state index in [1.54, 1.807) is 0 Å². The minimum absolute atomic E-state index is 0.395. The molecule has 0 aliphatic heterocycles. The lowest BCUT2D eigenvalue weighted by Gasteiger charge is -2.05. The van der Waals surface area contributed by atoms with E-state index in [9.17, 15) is 9.59 Å². The first kappa shape index (κ1) is 19.7. The molecule has 0 aliphatic carbocycles. The summed E-state index contributed by atoms with van der Waals surface area (Å²) in [4.78, 5) is 21.6. The molecule has 0 amide bonds. The van der Waals surface area contributed by atoms with Crippen LogP contribution in [-0.4, -0.2) is 11.6 Å². The zero-order chi connectivity index (χ0) is 14.6. The summed E-state index contributed by atoms with van der Waals surface area (Å²) < 4.78 is 0. The summed E-state index contributed by atoms with van der Waals surface area (Å²) >= 11 is 0. The van der Waals surface area contributed by atoms with E-state index in [0.29, 0.717) is 29.8 Å². The molecule has 0 bridgehead atoms. The summed E-state index contributed by atoms with van der Waals surface area (Å²) in [5, 5.41) is 0. The van der Waals surface area contributed by atoms with Crippen molar-refractivity contribution >= 4 is 11.6 Å². The third-order valence-corrected chi connectivity index (χ3v) is 2.48. The topological polar surface area (TPSA) is 34.1 Å². The smallest absolute Gasteiger partial charge is 0.133 e. The first-order chi connectivity index (χ1) is 8.33. The lowest BCUT2D eigenvalue weighted by Crippen LogP contribution is -2.05. The molecule has 0 unspecified atom stereocenters. The number of carbonyl (C=O) groups excluding carboxylic acids is 2. The molecular formula is C16H32O2. The van der Waals surface area contributed by atoms with Gasteiger partial charge in [0.25, 0.3) is 0 Å². The van der Waals surface area contributed by atoms with Crippen LogP contribution in [0.4, 0.5) is 0 Å². The van der Waals surface area contributed by atoms with Gasteiger partial charge < -0.3 is 0 Å². The Morgan fingerprint density at radius 2 is 1.28 bits per heavy atom. The first-order valence-electron chi connectivity index (χ1n) is 7.36. The summed E-state index contributed by atoms with van der Waals surface area (Å²) in [6.07, 6.45) is 5.18. The number of hydrogen-bond donors (Lipinski definition) is 0. The second-order valence-corrected chi connectivity index (χ2v) is 5.73. The lowest BCUT2D eigenvalue weighted by molar-refractivity contribution is -0.120. The van der Waals surface area contributed by atoms with Gasteiger partial charge in [-0.2, -0.15) is 0 Å². The van der Waals surface area contributed by atoms with E-state index < -0.39 is 0 Å². The highest BCUT2D eigenvalue weighted by Crippen LogP contribution is 2.07. The zero-order valence-electron chi connectivity index (χ0n) is 13.2. The van der Waals surface area contributed by atoms with Crippen molar-refractivity contribution in [2.75, 3.05) is 0 Å². The third-order valence-electron chi connectivity index (χ3n) is 2.48. The summed E-state index contributed by atoms with van der Waals surface area (Å²) in [6, 6.07) is 0. The minimum atomic E-state index is 0.395. The van der Waals surface area contributed by atoms with E-state index in [4.69, 9.17) is 0 Å². The van der Waals surface area contributed by atoms with Crippen molar-refractivity contribution in [3.63, 3.8) is 0 Å². The van der Waals surface area contributed by atoms with Crippen LogP contribution >= 0.6 is 0 Å². The average Bonchev–Trinajstić information content (AvgIpc) is 2.24. The molecule has 0 saturated heterocycles. The Balaban J connectivity index is 0. The molecule has 0 aromatic heterocycles. The van der Waals surface area contributed by atoms with Gasteiger partial charge in [-0.3, -0.25) is 9.59 Å². The Bertz CT molecular complexity index is 205. The van der Waals surface area contributed by atoms with Crippen molar-refractivity contribution in [3.05, 3.63) is 0 Å². The normalized spacial score (nSPS) is 10.2. The molecule has 0 saturated carbocycles. The first-order valence-corrected chi connectivity index (χ1v) is 7.36. The number of ketones is 2. The molecule has 0 heterocycles. The fourth-order valence-electron chi connectivity index (χ4n) is 1.54. The van der Waals surface area contributed by atoms with Gasteiger partial charge in [-0.05, 0) is 18.3 Å². The fourth-order valence-corrected chi connectivity index (χ4v) is 1.54. The van der Waals surface area contributed by atoms with Gasteiger partial charge in [0.15, 0.2) is 0 Å². The van der Waals surface area contributed by atoms with Crippen molar-refractivity contribution in [2.24, 2.45) is 11.8 Å². The Labute approximate surface area is 114 Å². The van der Waals surface area contributed by atoms with Crippen molar-refractivity contribution in [1.29, 1.82) is 0 Å². The van der Waals surface area contributed by atoms with Crippen LogP contribution in [0.5, 0.6) is 0 Å². The zero-order valence-corrected chi connectivity index (χ0v) is 13.2. The summed E-state index contributed by atoms with van der Waals surface area (Å²) in [5.41, 5.74) is 0. The summed E-state index contributed by atoms with van der Waals surface area (Å²) in [6.45, 7) is 12.3. The van der Waals surface area contributed by atoms with Crippen LogP contribution in [-0.2, 0) is 9.59 Å². The third kappa shape index (κ3) is 17.7. The van der Waals surface area contributed by atoms with E-state index >= 15 is 0 Å². The number of hydrogen-bond acceptors (Lipinski definition) is 2. The highest BCUT2D eigenvalue weighted by Gasteiger charge is 2.06. The highest BCUT2D eigenvalue weighted by molar-refractivity contribution is 5.78. The largest absolute Gasteiger partial charge is 0.300 e. The van der Waals surface area contributed by atoms with Crippen molar-refractivity contribution in [2.45, 2.75) is 80.1 Å². The number of rotatable bonds is 8. The minimum Gasteiger partial charge on any atom is -0.300 e. The van der Waals surface area contributed by atoms with Crippen LogP contribution in [0.25, 0.3) is 0 Å². The average molecular weight is 256 g/mol. The van der Waals surface area contributed by atoms with Crippen LogP contribution in [0, 0.1) is 11.8 Å². The van der Waals surface area contributed by atoms with E-state index in [2.05, 4.69) is 34.6 Å². The molecule has 108 valence electrons. The van der Waals surface area contributed by atoms with Crippen molar-refractivity contribution in [1.82, 2.24) is 0 Å². The van der Waals surface area contributed by atoms with Gasteiger partial charge in [-0.15, -0.1) is 0 Å². The summed E-state index contributed by atoms with van der Waals surface area (Å²) in [7, 11) is 0. The maximum absolute atomic E-state index is 11.1. The van der Waals surface area contributed by atoms with E-state index in [0.717, 1.165) is 32.1 Å². The van der Waals surface area contributed by atoms with Crippen molar-refractivity contribution < 1.29 is 9.59 Å². The second-order valence-electron chi connectivity index (χ2n) is 5.73. The molecule has 2 nitrogen and oxygen atoms in total. The second kappa shape index (κ2) is 12.8. The van der Waals surface area contributed by atoms with Gasteiger partial charge in [0, 0.05) is 25.7 Å². The molecule has 0 aromatic carbocycles.